The third-order valence-corrected chi connectivity index (χ3v) is 5.04. The summed E-state index contributed by atoms with van der Waals surface area (Å²) >= 11 is 1.43. The van der Waals surface area contributed by atoms with Gasteiger partial charge in [-0.2, -0.15) is 0 Å². The number of carbonyl (C=O) groups is 1. The number of amides is 1. The van der Waals surface area contributed by atoms with Crippen LogP contribution in [0.4, 0.5) is 0 Å². The van der Waals surface area contributed by atoms with Gasteiger partial charge in [0.05, 0.1) is 9.75 Å². The van der Waals surface area contributed by atoms with Crippen LogP contribution >= 0.6 is 11.3 Å². The first-order valence-electron chi connectivity index (χ1n) is 7.11. The Labute approximate surface area is 124 Å². The molecule has 2 unspecified atom stereocenters. The van der Waals surface area contributed by atoms with Gasteiger partial charge in [-0.25, -0.2) is 0 Å². The number of likely N-dealkylation sites (tertiary alicyclic amines) is 1. The number of aliphatic hydroxyl groups is 1. The smallest absolute Gasteiger partial charge is 0.264 e. The second kappa shape index (κ2) is 6.43. The highest BCUT2D eigenvalue weighted by Crippen LogP contribution is 2.30. The molecule has 1 aromatic heterocycles. The third kappa shape index (κ3) is 2.89. The summed E-state index contributed by atoms with van der Waals surface area (Å²) in [7, 11) is 0. The number of nitrogens with zero attached hydrogens (tertiary/aromatic N) is 1. The van der Waals surface area contributed by atoms with E-state index in [0.29, 0.717) is 12.1 Å². The van der Waals surface area contributed by atoms with Crippen molar-refractivity contribution in [1.29, 1.82) is 0 Å². The first-order valence-corrected chi connectivity index (χ1v) is 7.93. The number of hydrogen-bond acceptors (Lipinski definition) is 3. The summed E-state index contributed by atoms with van der Waals surface area (Å²) < 4.78 is 0. The Morgan fingerprint density at radius 2 is 2.30 bits per heavy atom. The average molecular weight is 291 g/mol. The molecule has 1 fully saturated rings. The Hall–Kier alpha value is -1.31. The SMILES string of the molecule is CCC1CCC(C)N1C(=O)c1cc(C)c(C#CCO)s1. The molecule has 0 aromatic carbocycles. The quantitative estimate of drug-likeness (QED) is 0.851. The standard InChI is InChI=1S/C16H21NO2S/c1-4-13-8-7-12(3)17(13)16(19)15-10-11(2)14(20-15)6-5-9-18/h10,12-13,18H,4,7-9H2,1-3H3. The molecule has 1 N–H and O–H groups in total. The molecule has 1 aliphatic heterocycles. The Kier molecular flexibility index (Phi) is 4.85. The highest BCUT2D eigenvalue weighted by atomic mass is 32.1. The van der Waals surface area contributed by atoms with Crippen molar-refractivity contribution in [3.63, 3.8) is 0 Å². The molecule has 0 radical (unpaired) electrons. The first kappa shape index (κ1) is 15.1. The Morgan fingerprint density at radius 3 is 2.95 bits per heavy atom. The molecule has 0 bridgehead atoms. The van der Waals surface area contributed by atoms with Crippen molar-refractivity contribution in [2.45, 2.75) is 52.1 Å². The van der Waals surface area contributed by atoms with Gasteiger partial charge in [-0.1, -0.05) is 18.8 Å². The zero-order valence-corrected chi connectivity index (χ0v) is 13.1. The van der Waals surface area contributed by atoms with Crippen LogP contribution in [0, 0.1) is 18.8 Å². The lowest BCUT2D eigenvalue weighted by Crippen LogP contribution is -2.39. The fourth-order valence-electron chi connectivity index (χ4n) is 2.80. The first-order chi connectivity index (χ1) is 9.58. The molecule has 108 valence electrons. The van der Waals surface area contributed by atoms with E-state index >= 15 is 0 Å². The highest BCUT2D eigenvalue weighted by Gasteiger charge is 2.34. The van der Waals surface area contributed by atoms with E-state index in [1.807, 2.05) is 17.9 Å². The van der Waals surface area contributed by atoms with Crippen LogP contribution in [0.25, 0.3) is 0 Å². The number of rotatable bonds is 2. The number of aliphatic hydroxyl groups excluding tert-OH is 1. The van der Waals surface area contributed by atoms with Crippen LogP contribution in [0.1, 0.15) is 53.2 Å². The second-order valence-corrected chi connectivity index (χ2v) is 6.34. The largest absolute Gasteiger partial charge is 0.384 e. The summed E-state index contributed by atoms with van der Waals surface area (Å²) in [6, 6.07) is 2.61. The number of thiophene rings is 1. The predicted octanol–water partition coefficient (Wildman–Crippen LogP) is 2.80. The summed E-state index contributed by atoms with van der Waals surface area (Å²) in [5.41, 5.74) is 1.01. The van der Waals surface area contributed by atoms with Crippen LogP contribution in [-0.4, -0.2) is 34.6 Å². The summed E-state index contributed by atoms with van der Waals surface area (Å²) in [4.78, 5) is 16.4. The molecule has 0 spiro atoms. The average Bonchev–Trinajstić information content (AvgIpc) is 2.99. The molecule has 20 heavy (non-hydrogen) atoms. The van der Waals surface area contributed by atoms with E-state index in [1.165, 1.54) is 11.3 Å². The van der Waals surface area contributed by atoms with Crippen LogP contribution in [0.3, 0.4) is 0 Å². The predicted molar refractivity (Wildman–Crippen MR) is 82.0 cm³/mol. The number of aryl methyl sites for hydroxylation is 1. The van der Waals surface area contributed by atoms with Crippen molar-refractivity contribution in [3.8, 4) is 11.8 Å². The van der Waals surface area contributed by atoms with Gasteiger partial charge < -0.3 is 10.0 Å². The van der Waals surface area contributed by atoms with Crippen molar-refractivity contribution in [1.82, 2.24) is 4.90 Å². The molecule has 1 aromatic rings. The summed E-state index contributed by atoms with van der Waals surface area (Å²) in [6.07, 6.45) is 3.20. The minimum absolute atomic E-state index is 0.131. The van der Waals surface area contributed by atoms with Gasteiger partial charge in [0.15, 0.2) is 0 Å². The van der Waals surface area contributed by atoms with E-state index in [2.05, 4.69) is 25.7 Å². The molecule has 2 atom stereocenters. The van der Waals surface area contributed by atoms with Gasteiger partial charge in [0.2, 0.25) is 0 Å². The van der Waals surface area contributed by atoms with Crippen LogP contribution in [0.5, 0.6) is 0 Å². The summed E-state index contributed by atoms with van der Waals surface area (Å²) in [6.45, 7) is 6.07. The maximum Gasteiger partial charge on any atom is 0.264 e. The van der Waals surface area contributed by atoms with Crippen LogP contribution in [0.15, 0.2) is 6.07 Å². The zero-order valence-electron chi connectivity index (χ0n) is 12.3. The fourth-order valence-corrected chi connectivity index (χ4v) is 3.79. The van der Waals surface area contributed by atoms with Gasteiger partial charge in [0, 0.05) is 12.1 Å². The zero-order chi connectivity index (χ0) is 14.7. The molecule has 0 aliphatic carbocycles. The number of carbonyl (C=O) groups excluding carboxylic acids is 1. The topological polar surface area (TPSA) is 40.5 Å². The Morgan fingerprint density at radius 1 is 1.55 bits per heavy atom. The molecule has 1 aliphatic rings. The van der Waals surface area contributed by atoms with E-state index in [4.69, 9.17) is 5.11 Å². The van der Waals surface area contributed by atoms with E-state index < -0.39 is 0 Å². The van der Waals surface area contributed by atoms with Gasteiger partial charge >= 0.3 is 0 Å². The summed E-state index contributed by atoms with van der Waals surface area (Å²) in [5.74, 6) is 5.69. The van der Waals surface area contributed by atoms with E-state index in [1.54, 1.807) is 0 Å². The normalized spacial score (nSPS) is 21.7. The summed E-state index contributed by atoms with van der Waals surface area (Å²) in [5, 5.41) is 8.76. The van der Waals surface area contributed by atoms with E-state index in [9.17, 15) is 4.79 Å². The fraction of sp³-hybridized carbons (Fsp3) is 0.562. The van der Waals surface area contributed by atoms with Gasteiger partial charge in [-0.15, -0.1) is 11.3 Å². The van der Waals surface area contributed by atoms with Crippen molar-refractivity contribution in [2.75, 3.05) is 6.61 Å². The second-order valence-electron chi connectivity index (χ2n) is 5.28. The minimum Gasteiger partial charge on any atom is -0.384 e. The minimum atomic E-state index is -0.151. The molecule has 2 heterocycles. The Balaban J connectivity index is 2.25. The highest BCUT2D eigenvalue weighted by molar-refractivity contribution is 7.14. The van der Waals surface area contributed by atoms with Gasteiger partial charge in [-0.05, 0) is 44.7 Å². The van der Waals surface area contributed by atoms with Gasteiger partial charge in [0.1, 0.15) is 6.61 Å². The van der Waals surface area contributed by atoms with Crippen LogP contribution in [-0.2, 0) is 0 Å². The van der Waals surface area contributed by atoms with Gasteiger partial charge in [0.25, 0.3) is 5.91 Å². The molecule has 0 saturated carbocycles. The lowest BCUT2D eigenvalue weighted by Gasteiger charge is -2.27. The molecule has 1 amide bonds. The lowest BCUT2D eigenvalue weighted by molar-refractivity contribution is 0.0681. The van der Waals surface area contributed by atoms with Crippen LogP contribution in [0.2, 0.25) is 0 Å². The number of hydrogen-bond donors (Lipinski definition) is 1. The van der Waals surface area contributed by atoms with Crippen molar-refractivity contribution in [2.24, 2.45) is 0 Å². The van der Waals surface area contributed by atoms with E-state index in [-0.39, 0.29) is 12.5 Å². The van der Waals surface area contributed by atoms with E-state index in [0.717, 1.165) is 34.6 Å². The molecular formula is C16H21NO2S. The monoisotopic (exact) mass is 291 g/mol. The van der Waals surface area contributed by atoms with Crippen molar-refractivity contribution < 1.29 is 9.90 Å². The van der Waals surface area contributed by atoms with Crippen molar-refractivity contribution in [3.05, 3.63) is 21.4 Å². The molecule has 1 saturated heterocycles. The van der Waals surface area contributed by atoms with Crippen LogP contribution < -0.4 is 0 Å². The Bertz CT molecular complexity index is 553. The molecule has 4 heteroatoms. The molecular weight excluding hydrogens is 270 g/mol. The maximum absolute atomic E-state index is 12.7. The van der Waals surface area contributed by atoms with Crippen molar-refractivity contribution >= 4 is 17.2 Å². The lowest BCUT2D eigenvalue weighted by atomic mass is 10.1. The molecule has 3 nitrogen and oxygen atoms in total. The molecule has 2 rings (SSSR count). The third-order valence-electron chi connectivity index (χ3n) is 3.90. The maximum atomic E-state index is 12.7. The van der Waals surface area contributed by atoms with Gasteiger partial charge in [-0.3, -0.25) is 4.79 Å².